The van der Waals surface area contributed by atoms with Gasteiger partial charge in [-0.25, -0.2) is 0 Å². The predicted octanol–water partition coefficient (Wildman–Crippen LogP) is 0.596. The highest BCUT2D eigenvalue weighted by molar-refractivity contribution is 6.03. The Morgan fingerprint density at radius 3 is 2.71 bits per heavy atom. The Balaban J connectivity index is 4.22. The van der Waals surface area contributed by atoms with Crippen molar-refractivity contribution in [3.8, 4) is 0 Å². The van der Waals surface area contributed by atoms with E-state index in [-0.39, 0.29) is 18.6 Å². The Morgan fingerprint density at radius 2 is 2.29 bits per heavy atom. The number of nitrogens with one attached hydrogen (secondary N) is 2. The quantitative estimate of drug-likeness (QED) is 0.502. The molecule has 0 unspecified atom stereocenters. The molecule has 0 rings (SSSR count). The summed E-state index contributed by atoms with van der Waals surface area (Å²) in [6, 6.07) is 0.104. The summed E-state index contributed by atoms with van der Waals surface area (Å²) in [4.78, 5) is 15.3. The summed E-state index contributed by atoms with van der Waals surface area (Å²) >= 11 is 0. The van der Waals surface area contributed by atoms with E-state index in [1.807, 2.05) is 13.8 Å². The zero-order valence-corrected chi connectivity index (χ0v) is 8.83. The SMILES string of the molecule is COCC(=O)NC(CC=N)=NC(C)C. The fraction of sp³-hybridized carbons (Fsp3) is 0.667. The number of amides is 1. The molecule has 5 heteroatoms. The highest BCUT2D eigenvalue weighted by Gasteiger charge is 2.04. The molecule has 5 nitrogen and oxygen atoms in total. The molecule has 0 saturated carbocycles. The van der Waals surface area contributed by atoms with Crippen molar-refractivity contribution in [3.63, 3.8) is 0 Å². The van der Waals surface area contributed by atoms with E-state index in [9.17, 15) is 4.79 Å². The van der Waals surface area contributed by atoms with Crippen LogP contribution in [0.3, 0.4) is 0 Å². The van der Waals surface area contributed by atoms with Gasteiger partial charge in [-0.2, -0.15) is 0 Å². The molecule has 0 aromatic heterocycles. The van der Waals surface area contributed by atoms with Crippen LogP contribution in [0.15, 0.2) is 4.99 Å². The smallest absolute Gasteiger partial charge is 0.251 e. The number of nitrogens with zero attached hydrogens (tertiary/aromatic N) is 1. The highest BCUT2D eigenvalue weighted by Crippen LogP contribution is 1.89. The van der Waals surface area contributed by atoms with Crippen molar-refractivity contribution in [1.29, 1.82) is 5.41 Å². The average Bonchev–Trinajstić information content (AvgIpc) is 2.03. The normalized spacial score (nSPS) is 11.6. The molecule has 1 amide bonds. The molecular formula is C9H17N3O2. The van der Waals surface area contributed by atoms with Crippen LogP contribution in [0.25, 0.3) is 0 Å². The first-order valence-corrected chi connectivity index (χ1v) is 4.44. The maximum atomic E-state index is 11.1. The molecule has 0 aliphatic carbocycles. The first-order chi connectivity index (χ1) is 6.60. The van der Waals surface area contributed by atoms with Crippen molar-refractivity contribution >= 4 is 18.0 Å². The third kappa shape index (κ3) is 6.30. The molecule has 0 saturated heterocycles. The summed E-state index contributed by atoms with van der Waals surface area (Å²) in [6.07, 6.45) is 1.54. The van der Waals surface area contributed by atoms with Crippen LogP contribution in [-0.4, -0.2) is 37.7 Å². The van der Waals surface area contributed by atoms with Gasteiger partial charge < -0.3 is 15.5 Å². The lowest BCUT2D eigenvalue weighted by molar-refractivity contribution is -0.123. The fourth-order valence-corrected chi connectivity index (χ4v) is 0.872. The van der Waals surface area contributed by atoms with Crippen LogP contribution >= 0.6 is 0 Å². The number of methoxy groups -OCH3 is 1. The molecule has 0 bridgehead atoms. The molecule has 0 aromatic carbocycles. The zero-order valence-electron chi connectivity index (χ0n) is 8.83. The van der Waals surface area contributed by atoms with Crippen LogP contribution in [0.4, 0.5) is 0 Å². The van der Waals surface area contributed by atoms with Crippen LogP contribution < -0.4 is 5.32 Å². The second-order valence-electron chi connectivity index (χ2n) is 3.06. The van der Waals surface area contributed by atoms with E-state index < -0.39 is 0 Å². The zero-order chi connectivity index (χ0) is 11.0. The van der Waals surface area contributed by atoms with Crippen molar-refractivity contribution in [2.75, 3.05) is 13.7 Å². The van der Waals surface area contributed by atoms with Crippen LogP contribution in [0.1, 0.15) is 20.3 Å². The minimum absolute atomic E-state index is 0.00904. The topological polar surface area (TPSA) is 74.5 Å². The molecule has 0 aliphatic rings. The van der Waals surface area contributed by atoms with Crippen molar-refractivity contribution in [3.05, 3.63) is 0 Å². The van der Waals surface area contributed by atoms with Crippen molar-refractivity contribution in [2.24, 2.45) is 4.99 Å². The Labute approximate surface area is 84.1 Å². The van der Waals surface area contributed by atoms with Gasteiger partial charge in [-0.1, -0.05) is 0 Å². The van der Waals surface area contributed by atoms with Gasteiger partial charge in [0.15, 0.2) is 0 Å². The number of hydrogen-bond donors (Lipinski definition) is 2. The van der Waals surface area contributed by atoms with Crippen LogP contribution in [0.2, 0.25) is 0 Å². The van der Waals surface area contributed by atoms with E-state index in [0.717, 1.165) is 0 Å². The molecule has 2 N–H and O–H groups in total. The van der Waals surface area contributed by atoms with E-state index in [1.165, 1.54) is 13.3 Å². The van der Waals surface area contributed by atoms with Crippen molar-refractivity contribution < 1.29 is 9.53 Å². The van der Waals surface area contributed by atoms with Crippen LogP contribution in [0.5, 0.6) is 0 Å². The molecule has 0 radical (unpaired) electrons. The summed E-state index contributed by atoms with van der Waals surface area (Å²) in [5.74, 6) is 0.269. The monoisotopic (exact) mass is 199 g/mol. The fourth-order valence-electron chi connectivity index (χ4n) is 0.872. The molecule has 0 spiro atoms. The lowest BCUT2D eigenvalue weighted by Gasteiger charge is -2.07. The first-order valence-electron chi connectivity index (χ1n) is 4.44. The van der Waals surface area contributed by atoms with E-state index >= 15 is 0 Å². The second-order valence-corrected chi connectivity index (χ2v) is 3.06. The summed E-state index contributed by atoms with van der Waals surface area (Å²) in [7, 11) is 1.45. The van der Waals surface area contributed by atoms with E-state index in [2.05, 4.69) is 15.0 Å². The highest BCUT2D eigenvalue weighted by atomic mass is 16.5. The molecule has 0 fully saturated rings. The number of ether oxygens (including phenoxy) is 1. The third-order valence-electron chi connectivity index (χ3n) is 1.27. The largest absolute Gasteiger partial charge is 0.375 e. The lowest BCUT2D eigenvalue weighted by atomic mass is 10.3. The van der Waals surface area contributed by atoms with E-state index in [4.69, 9.17) is 5.41 Å². The second kappa shape index (κ2) is 7.20. The summed E-state index contributed by atoms with van der Waals surface area (Å²) in [5, 5.41) is 9.52. The number of carbonyl (C=O) groups excluding carboxylic acids is 1. The Bertz CT molecular complexity index is 224. The van der Waals surface area contributed by atoms with Gasteiger partial charge in [-0.3, -0.25) is 9.79 Å². The molecule has 0 atom stereocenters. The number of amidine groups is 1. The standard InChI is InChI=1S/C9H17N3O2/c1-7(2)11-8(4-5-10)12-9(13)6-14-3/h5,7,10H,4,6H2,1-3H3,(H,11,12,13). The summed E-state index contributed by atoms with van der Waals surface area (Å²) in [6.45, 7) is 3.83. The maximum absolute atomic E-state index is 11.1. The van der Waals surface area contributed by atoms with Gasteiger partial charge in [0.1, 0.15) is 12.4 Å². The van der Waals surface area contributed by atoms with Gasteiger partial charge in [0, 0.05) is 25.8 Å². The van der Waals surface area contributed by atoms with Crippen molar-refractivity contribution in [1.82, 2.24) is 5.32 Å². The Morgan fingerprint density at radius 1 is 1.64 bits per heavy atom. The molecule has 0 heterocycles. The van der Waals surface area contributed by atoms with E-state index in [0.29, 0.717) is 12.3 Å². The van der Waals surface area contributed by atoms with Gasteiger partial charge >= 0.3 is 0 Å². The van der Waals surface area contributed by atoms with Gasteiger partial charge in [-0.05, 0) is 13.8 Å². The van der Waals surface area contributed by atoms with Gasteiger partial charge in [0.2, 0.25) is 0 Å². The number of rotatable bonds is 5. The minimum Gasteiger partial charge on any atom is -0.375 e. The molecule has 0 aromatic rings. The number of aliphatic imine (C=N–C) groups is 1. The average molecular weight is 199 g/mol. The van der Waals surface area contributed by atoms with E-state index in [1.54, 1.807) is 0 Å². The number of hydrogen-bond acceptors (Lipinski definition) is 4. The van der Waals surface area contributed by atoms with Gasteiger partial charge in [-0.15, -0.1) is 0 Å². The Hall–Kier alpha value is -1.23. The predicted molar refractivity (Wildman–Crippen MR) is 56.0 cm³/mol. The van der Waals surface area contributed by atoms with Gasteiger partial charge in [0.25, 0.3) is 5.91 Å². The molecule has 14 heavy (non-hydrogen) atoms. The van der Waals surface area contributed by atoms with Crippen LogP contribution in [-0.2, 0) is 9.53 Å². The summed E-state index contributed by atoms with van der Waals surface area (Å²) < 4.78 is 4.66. The van der Waals surface area contributed by atoms with Crippen molar-refractivity contribution in [2.45, 2.75) is 26.3 Å². The number of carbonyl (C=O) groups is 1. The van der Waals surface area contributed by atoms with Crippen LogP contribution in [0, 0.1) is 5.41 Å². The molecule has 80 valence electrons. The summed E-state index contributed by atoms with van der Waals surface area (Å²) in [5.41, 5.74) is 0. The maximum Gasteiger partial charge on any atom is 0.251 e. The Kier molecular flexibility index (Phi) is 6.57. The minimum atomic E-state index is -0.242. The van der Waals surface area contributed by atoms with Gasteiger partial charge in [0.05, 0.1) is 0 Å². The lowest BCUT2D eigenvalue weighted by Crippen LogP contribution is -2.34. The molecular weight excluding hydrogens is 182 g/mol. The third-order valence-corrected chi connectivity index (χ3v) is 1.27. The first kappa shape index (κ1) is 12.8. The molecule has 0 aliphatic heterocycles.